The fourth-order valence-electron chi connectivity index (χ4n) is 2.44. The first kappa shape index (κ1) is 17.2. The van der Waals surface area contributed by atoms with Crippen molar-refractivity contribution in [3.8, 4) is 5.69 Å². The van der Waals surface area contributed by atoms with E-state index in [0.717, 1.165) is 23.4 Å². The van der Waals surface area contributed by atoms with Crippen LogP contribution in [0.4, 0.5) is 4.39 Å². The summed E-state index contributed by atoms with van der Waals surface area (Å²) in [6, 6.07) is 11.8. The molecule has 0 N–H and O–H groups in total. The normalized spacial score (nSPS) is 13.1. The first-order chi connectivity index (χ1) is 11.9. The first-order valence-electron chi connectivity index (χ1n) is 7.58. The number of nitrogens with zero attached hydrogens (tertiary/aromatic N) is 4. The summed E-state index contributed by atoms with van der Waals surface area (Å²) in [4.78, 5) is 3.95. The fraction of sp³-hybridized carbons (Fsp3) is 0.176. The van der Waals surface area contributed by atoms with E-state index in [1.54, 1.807) is 17.9 Å². The monoisotopic (exact) mass is 360 g/mol. The van der Waals surface area contributed by atoms with E-state index in [9.17, 15) is 12.8 Å². The van der Waals surface area contributed by atoms with Crippen LogP contribution in [0.25, 0.3) is 5.69 Å². The van der Waals surface area contributed by atoms with Crippen LogP contribution in [0.15, 0.2) is 66.1 Å². The molecule has 1 heterocycles. The zero-order chi connectivity index (χ0) is 18.0. The molecule has 3 rings (SSSR count). The molecule has 0 bridgehead atoms. The van der Waals surface area contributed by atoms with E-state index in [1.807, 2.05) is 24.3 Å². The van der Waals surface area contributed by atoms with E-state index in [2.05, 4.69) is 10.1 Å². The second-order valence-corrected chi connectivity index (χ2v) is 7.58. The van der Waals surface area contributed by atoms with Gasteiger partial charge in [-0.25, -0.2) is 22.5 Å². The van der Waals surface area contributed by atoms with Gasteiger partial charge in [0.1, 0.15) is 18.5 Å². The van der Waals surface area contributed by atoms with Crippen LogP contribution in [0.2, 0.25) is 0 Å². The summed E-state index contributed by atoms with van der Waals surface area (Å²) < 4.78 is 41.3. The largest absolute Gasteiger partial charge is 0.243 e. The van der Waals surface area contributed by atoms with Crippen LogP contribution in [-0.2, 0) is 10.0 Å². The number of hydrogen-bond acceptors (Lipinski definition) is 4. The highest BCUT2D eigenvalue weighted by molar-refractivity contribution is 7.89. The molecule has 0 unspecified atom stereocenters. The second kappa shape index (κ2) is 6.73. The second-order valence-electron chi connectivity index (χ2n) is 5.58. The van der Waals surface area contributed by atoms with Gasteiger partial charge < -0.3 is 0 Å². The summed E-state index contributed by atoms with van der Waals surface area (Å²) in [6.07, 6.45) is 3.03. The number of aromatic nitrogens is 3. The smallest absolute Gasteiger partial charge is 0.223 e. The minimum Gasteiger partial charge on any atom is -0.223 e. The maximum Gasteiger partial charge on any atom is 0.243 e. The van der Waals surface area contributed by atoms with Crippen LogP contribution in [0.3, 0.4) is 0 Å². The van der Waals surface area contributed by atoms with Crippen LogP contribution in [-0.4, -0.2) is 34.5 Å². The third-order valence-electron chi connectivity index (χ3n) is 4.09. The topological polar surface area (TPSA) is 68.1 Å². The Hall–Kier alpha value is -2.58. The van der Waals surface area contributed by atoms with E-state index < -0.39 is 15.8 Å². The number of hydrogen-bond donors (Lipinski definition) is 0. The average molecular weight is 360 g/mol. The molecule has 25 heavy (non-hydrogen) atoms. The van der Waals surface area contributed by atoms with Gasteiger partial charge >= 0.3 is 0 Å². The van der Waals surface area contributed by atoms with Crippen LogP contribution in [0.5, 0.6) is 0 Å². The lowest BCUT2D eigenvalue weighted by Gasteiger charge is -2.25. The average Bonchev–Trinajstić information content (AvgIpc) is 3.15. The summed E-state index contributed by atoms with van der Waals surface area (Å²) in [6.45, 7) is 1.80. The molecule has 0 fully saturated rings. The molecular weight excluding hydrogens is 343 g/mol. The predicted octanol–water partition coefficient (Wildman–Crippen LogP) is 2.79. The van der Waals surface area contributed by atoms with Gasteiger partial charge in [0.25, 0.3) is 0 Å². The van der Waals surface area contributed by atoms with Crippen molar-refractivity contribution in [3.63, 3.8) is 0 Å². The lowest BCUT2D eigenvalue weighted by Crippen LogP contribution is -2.29. The minimum absolute atomic E-state index is 0.0579. The molecule has 3 aromatic rings. The molecule has 0 amide bonds. The molecule has 0 aliphatic carbocycles. The van der Waals surface area contributed by atoms with Gasteiger partial charge in [0.05, 0.1) is 10.6 Å². The number of benzene rings is 2. The van der Waals surface area contributed by atoms with Crippen molar-refractivity contribution < 1.29 is 12.8 Å². The predicted molar refractivity (Wildman–Crippen MR) is 91.1 cm³/mol. The Morgan fingerprint density at radius 2 is 1.72 bits per heavy atom. The SMILES string of the molecule is C[C@@H](c1ccc(-n2cncn2)cc1)N(C)S(=O)(=O)c1ccc(F)cc1. The van der Waals surface area contributed by atoms with Gasteiger partial charge in [-0.2, -0.15) is 9.40 Å². The van der Waals surface area contributed by atoms with Crippen molar-refractivity contribution in [3.05, 3.63) is 72.6 Å². The lowest BCUT2D eigenvalue weighted by atomic mass is 10.1. The van der Waals surface area contributed by atoms with Gasteiger partial charge in [-0.15, -0.1) is 0 Å². The molecule has 2 aromatic carbocycles. The quantitative estimate of drug-likeness (QED) is 0.702. The van der Waals surface area contributed by atoms with E-state index in [4.69, 9.17) is 0 Å². The Balaban J connectivity index is 1.84. The third kappa shape index (κ3) is 3.45. The van der Waals surface area contributed by atoms with Crippen molar-refractivity contribution in [2.75, 3.05) is 7.05 Å². The molecule has 0 spiro atoms. The molecule has 130 valence electrons. The van der Waals surface area contributed by atoms with Gasteiger partial charge in [0, 0.05) is 13.1 Å². The summed E-state index contributed by atoms with van der Waals surface area (Å²) in [7, 11) is -2.21. The van der Waals surface area contributed by atoms with Gasteiger partial charge in [-0.3, -0.25) is 0 Å². The maximum absolute atomic E-state index is 13.0. The van der Waals surface area contributed by atoms with Crippen LogP contribution < -0.4 is 0 Å². The summed E-state index contributed by atoms with van der Waals surface area (Å²) >= 11 is 0. The molecule has 8 heteroatoms. The van der Waals surface area contributed by atoms with Crippen molar-refractivity contribution in [2.24, 2.45) is 0 Å². The Morgan fingerprint density at radius 1 is 1.08 bits per heavy atom. The standard InChI is InChI=1S/C17H17FN4O2S/c1-13(14-3-7-16(8-4-14)22-12-19-11-20-22)21(2)25(23,24)17-9-5-15(18)6-10-17/h3-13H,1-2H3/t13-/m0/s1. The molecule has 0 saturated heterocycles. The Morgan fingerprint density at radius 3 is 2.28 bits per heavy atom. The molecule has 0 saturated carbocycles. The number of halogens is 1. The lowest BCUT2D eigenvalue weighted by molar-refractivity contribution is 0.398. The third-order valence-corrected chi connectivity index (χ3v) is 6.04. The van der Waals surface area contributed by atoms with Crippen molar-refractivity contribution in [1.82, 2.24) is 19.1 Å². The Labute approximate surface area is 145 Å². The van der Waals surface area contributed by atoms with E-state index in [1.165, 1.54) is 29.8 Å². The molecule has 0 aliphatic rings. The van der Waals surface area contributed by atoms with Gasteiger partial charge in [-0.1, -0.05) is 12.1 Å². The van der Waals surface area contributed by atoms with Crippen LogP contribution in [0, 0.1) is 5.82 Å². The number of sulfonamides is 1. The van der Waals surface area contributed by atoms with E-state index in [0.29, 0.717) is 0 Å². The van der Waals surface area contributed by atoms with E-state index in [-0.39, 0.29) is 10.9 Å². The number of rotatable bonds is 5. The van der Waals surface area contributed by atoms with Crippen LogP contribution in [0.1, 0.15) is 18.5 Å². The first-order valence-corrected chi connectivity index (χ1v) is 9.02. The molecule has 6 nitrogen and oxygen atoms in total. The fourth-order valence-corrected chi connectivity index (χ4v) is 3.79. The highest BCUT2D eigenvalue weighted by Gasteiger charge is 2.26. The molecule has 0 aliphatic heterocycles. The summed E-state index contributed by atoms with van der Waals surface area (Å²) in [5.41, 5.74) is 1.66. The van der Waals surface area contributed by atoms with Crippen molar-refractivity contribution >= 4 is 10.0 Å². The van der Waals surface area contributed by atoms with Crippen molar-refractivity contribution in [2.45, 2.75) is 17.9 Å². The Kier molecular flexibility index (Phi) is 4.65. The highest BCUT2D eigenvalue weighted by atomic mass is 32.2. The maximum atomic E-state index is 13.0. The van der Waals surface area contributed by atoms with Gasteiger partial charge in [0.15, 0.2) is 0 Å². The zero-order valence-corrected chi connectivity index (χ0v) is 14.6. The van der Waals surface area contributed by atoms with Gasteiger partial charge in [0.2, 0.25) is 10.0 Å². The highest BCUT2D eigenvalue weighted by Crippen LogP contribution is 2.26. The summed E-state index contributed by atoms with van der Waals surface area (Å²) in [5.74, 6) is -0.474. The van der Waals surface area contributed by atoms with Crippen LogP contribution >= 0.6 is 0 Å². The molecule has 1 aromatic heterocycles. The molecule has 1 atom stereocenters. The minimum atomic E-state index is -3.72. The Bertz CT molecular complexity index is 939. The van der Waals surface area contributed by atoms with Gasteiger partial charge in [-0.05, 0) is 48.9 Å². The molecular formula is C17H17FN4O2S. The van der Waals surface area contributed by atoms with Crippen molar-refractivity contribution in [1.29, 1.82) is 0 Å². The molecule has 0 radical (unpaired) electrons. The summed E-state index contributed by atoms with van der Waals surface area (Å²) in [5, 5.41) is 4.05. The zero-order valence-electron chi connectivity index (χ0n) is 13.7. The van der Waals surface area contributed by atoms with E-state index >= 15 is 0 Å².